The van der Waals surface area contributed by atoms with Crippen LogP contribution in [-0.2, 0) is 25.4 Å². The summed E-state index contributed by atoms with van der Waals surface area (Å²) >= 11 is 0. The predicted octanol–water partition coefficient (Wildman–Crippen LogP) is 0.305. The molecule has 0 unspecified atom stereocenters. The Morgan fingerprint density at radius 1 is 1.16 bits per heavy atom. The number of nitrogens with one attached hydrogen (secondary N) is 2. The molecule has 0 amide bonds. The number of aromatic amines is 1. The molecule has 9 atom stereocenters. The standard InChI is InChI=1S/C26H32N2O9/c1-2-12-15(9-18-20-14(7-8-27-18)13-5-3-4-6-17(13)28-20)16(24(33)34)11-35-25(12)37-26-23(32)22(31)21(30)19(10-29)36-26/h2-6,11-12,15,18-19,21-23,25-32H,1,7-10H2,(H,33,34)/t12-,15+,18-,19-,21-,22+,23-,25+,26+/m1/s1. The number of fused-ring (bicyclic) bond motifs is 3. The highest BCUT2D eigenvalue weighted by Crippen LogP contribution is 2.41. The number of aliphatic hydroxyl groups is 4. The summed E-state index contributed by atoms with van der Waals surface area (Å²) in [5.41, 5.74) is 3.30. The van der Waals surface area contributed by atoms with E-state index in [2.05, 4.69) is 22.9 Å². The van der Waals surface area contributed by atoms with E-state index in [4.69, 9.17) is 14.2 Å². The lowest BCUT2D eigenvalue weighted by Gasteiger charge is -2.43. The lowest BCUT2D eigenvalue weighted by atomic mass is 9.78. The van der Waals surface area contributed by atoms with Crippen LogP contribution in [0.5, 0.6) is 0 Å². The molecule has 1 saturated heterocycles. The summed E-state index contributed by atoms with van der Waals surface area (Å²) in [4.78, 5) is 15.6. The molecule has 0 spiro atoms. The molecule has 5 rings (SSSR count). The van der Waals surface area contributed by atoms with Crippen LogP contribution in [0.1, 0.15) is 23.7 Å². The summed E-state index contributed by atoms with van der Waals surface area (Å²) in [5, 5.41) is 54.6. The number of carboxylic acids is 1. The molecular formula is C26H32N2O9. The fourth-order valence-electron chi connectivity index (χ4n) is 5.64. The fourth-order valence-corrected chi connectivity index (χ4v) is 5.64. The van der Waals surface area contributed by atoms with E-state index in [9.17, 15) is 30.3 Å². The maximum Gasteiger partial charge on any atom is 0.334 e. The van der Waals surface area contributed by atoms with Gasteiger partial charge in [-0.1, -0.05) is 24.3 Å². The van der Waals surface area contributed by atoms with E-state index in [0.29, 0.717) is 6.42 Å². The highest BCUT2D eigenvalue weighted by molar-refractivity contribution is 5.87. The Hall–Kier alpha value is -2.77. The van der Waals surface area contributed by atoms with Crippen molar-refractivity contribution in [1.82, 2.24) is 10.3 Å². The fraction of sp³-hybridized carbons (Fsp3) is 0.500. The van der Waals surface area contributed by atoms with Gasteiger partial charge in [0.2, 0.25) is 6.29 Å². The summed E-state index contributed by atoms with van der Waals surface area (Å²) in [6.45, 7) is 4.01. The van der Waals surface area contributed by atoms with E-state index >= 15 is 0 Å². The third kappa shape index (κ3) is 4.68. The smallest absolute Gasteiger partial charge is 0.334 e. The highest BCUT2D eigenvalue weighted by atomic mass is 16.8. The normalized spacial score (nSPS) is 35.9. The summed E-state index contributed by atoms with van der Waals surface area (Å²) in [6.07, 6.45) is -4.53. The lowest BCUT2D eigenvalue weighted by Crippen LogP contribution is -2.60. The first-order chi connectivity index (χ1) is 17.8. The number of para-hydroxylation sites is 1. The molecular weight excluding hydrogens is 484 g/mol. The van der Waals surface area contributed by atoms with Crippen LogP contribution in [-0.4, -0.2) is 86.6 Å². The van der Waals surface area contributed by atoms with Crippen molar-refractivity contribution >= 4 is 16.9 Å². The predicted molar refractivity (Wildman–Crippen MR) is 130 cm³/mol. The number of ether oxygens (including phenoxy) is 3. The number of aliphatic carboxylic acids is 1. The Kier molecular flexibility index (Phi) is 7.37. The van der Waals surface area contributed by atoms with Crippen LogP contribution in [0, 0.1) is 11.8 Å². The summed E-state index contributed by atoms with van der Waals surface area (Å²) in [7, 11) is 0. The minimum atomic E-state index is -1.62. The zero-order valence-corrected chi connectivity index (χ0v) is 20.1. The van der Waals surface area contributed by atoms with Crippen molar-refractivity contribution in [3.8, 4) is 0 Å². The molecule has 1 aromatic heterocycles. The average Bonchev–Trinajstić information content (AvgIpc) is 3.28. The van der Waals surface area contributed by atoms with E-state index in [1.807, 2.05) is 18.2 Å². The second-order valence-corrected chi connectivity index (χ2v) is 9.69. The van der Waals surface area contributed by atoms with Crippen LogP contribution in [0.2, 0.25) is 0 Å². The van der Waals surface area contributed by atoms with Gasteiger partial charge < -0.3 is 50.0 Å². The number of aromatic nitrogens is 1. The van der Waals surface area contributed by atoms with Crippen LogP contribution in [0.3, 0.4) is 0 Å². The van der Waals surface area contributed by atoms with Crippen molar-refractivity contribution in [2.24, 2.45) is 11.8 Å². The molecule has 0 radical (unpaired) electrons. The average molecular weight is 517 g/mol. The van der Waals surface area contributed by atoms with Crippen LogP contribution < -0.4 is 5.32 Å². The van der Waals surface area contributed by atoms with Gasteiger partial charge in [0.25, 0.3) is 0 Å². The lowest BCUT2D eigenvalue weighted by molar-refractivity contribution is -0.339. The number of carboxylic acid groups (broad SMARTS) is 1. The van der Waals surface area contributed by atoms with Gasteiger partial charge in [0.15, 0.2) is 6.29 Å². The van der Waals surface area contributed by atoms with Crippen molar-refractivity contribution in [3.05, 3.63) is 60.0 Å². The molecule has 4 heterocycles. The summed E-state index contributed by atoms with van der Waals surface area (Å²) < 4.78 is 16.9. The number of hydrogen-bond donors (Lipinski definition) is 7. The van der Waals surface area contributed by atoms with Gasteiger partial charge in [-0.2, -0.15) is 0 Å². The van der Waals surface area contributed by atoms with E-state index in [-0.39, 0.29) is 11.6 Å². The van der Waals surface area contributed by atoms with Crippen LogP contribution in [0.15, 0.2) is 48.8 Å². The first-order valence-electron chi connectivity index (χ1n) is 12.3. The number of carbonyl (C=O) groups is 1. The van der Waals surface area contributed by atoms with Crippen molar-refractivity contribution in [2.75, 3.05) is 13.2 Å². The van der Waals surface area contributed by atoms with Gasteiger partial charge in [-0.25, -0.2) is 4.79 Å². The third-order valence-corrected chi connectivity index (χ3v) is 7.59. The number of H-pyrrole nitrogens is 1. The van der Waals surface area contributed by atoms with Gasteiger partial charge in [-0.3, -0.25) is 0 Å². The molecule has 37 heavy (non-hydrogen) atoms. The maximum absolute atomic E-state index is 12.2. The zero-order chi connectivity index (χ0) is 26.3. The van der Waals surface area contributed by atoms with Gasteiger partial charge in [-0.15, -0.1) is 6.58 Å². The molecule has 11 heteroatoms. The second kappa shape index (κ2) is 10.5. The van der Waals surface area contributed by atoms with Crippen LogP contribution in [0.25, 0.3) is 10.9 Å². The second-order valence-electron chi connectivity index (χ2n) is 9.69. The van der Waals surface area contributed by atoms with Crippen molar-refractivity contribution in [3.63, 3.8) is 0 Å². The molecule has 0 bridgehead atoms. The molecule has 7 N–H and O–H groups in total. The van der Waals surface area contributed by atoms with Crippen LogP contribution >= 0.6 is 0 Å². The quantitative estimate of drug-likeness (QED) is 0.254. The number of benzene rings is 1. The van der Waals surface area contributed by atoms with Gasteiger partial charge in [0.1, 0.15) is 24.4 Å². The Labute approximate surface area is 213 Å². The Morgan fingerprint density at radius 2 is 1.95 bits per heavy atom. The number of rotatable bonds is 7. The molecule has 3 aliphatic rings. The molecule has 2 aromatic rings. The Balaban J connectivity index is 1.41. The molecule has 11 nitrogen and oxygen atoms in total. The zero-order valence-electron chi connectivity index (χ0n) is 20.1. The van der Waals surface area contributed by atoms with E-state index in [1.54, 1.807) is 6.08 Å². The van der Waals surface area contributed by atoms with E-state index in [1.165, 1.54) is 5.56 Å². The first kappa shape index (κ1) is 25.9. The van der Waals surface area contributed by atoms with Gasteiger partial charge >= 0.3 is 5.97 Å². The maximum atomic E-state index is 12.2. The van der Waals surface area contributed by atoms with E-state index in [0.717, 1.165) is 35.8 Å². The summed E-state index contributed by atoms with van der Waals surface area (Å²) in [6, 6.07) is 7.87. The molecule has 0 aliphatic carbocycles. The molecule has 0 saturated carbocycles. The van der Waals surface area contributed by atoms with Crippen LogP contribution in [0.4, 0.5) is 0 Å². The minimum Gasteiger partial charge on any atom is -0.478 e. The number of aliphatic hydroxyl groups excluding tert-OH is 4. The Bertz CT molecular complexity index is 1180. The largest absolute Gasteiger partial charge is 0.478 e. The molecule has 1 fully saturated rings. The van der Waals surface area contributed by atoms with Gasteiger partial charge in [-0.05, 0) is 31.0 Å². The Morgan fingerprint density at radius 3 is 2.68 bits per heavy atom. The number of hydrogen-bond acceptors (Lipinski definition) is 9. The summed E-state index contributed by atoms with van der Waals surface area (Å²) in [5.74, 6) is -2.36. The minimum absolute atomic E-state index is 0.0589. The molecule has 200 valence electrons. The molecule has 3 aliphatic heterocycles. The van der Waals surface area contributed by atoms with Gasteiger partial charge in [0.05, 0.1) is 18.4 Å². The van der Waals surface area contributed by atoms with Crippen molar-refractivity contribution in [2.45, 2.75) is 55.9 Å². The van der Waals surface area contributed by atoms with E-state index < -0.39 is 61.4 Å². The molecule has 1 aromatic carbocycles. The first-order valence-corrected chi connectivity index (χ1v) is 12.3. The SMILES string of the molecule is C=C[C@H]1[C@H](O[C@@H]2O[C@H](CO)[C@@H](O)[C@H](O)[C@H]2O)OC=C(C(=O)O)[C@H]1C[C@H]1NCCc2c1[nH]c1ccccc21. The topological polar surface area (TPSA) is 174 Å². The van der Waals surface area contributed by atoms with Crippen molar-refractivity contribution in [1.29, 1.82) is 0 Å². The monoisotopic (exact) mass is 516 g/mol. The highest BCUT2D eigenvalue weighted by Gasteiger charge is 2.48. The van der Waals surface area contributed by atoms with Gasteiger partial charge in [0, 0.05) is 34.5 Å². The van der Waals surface area contributed by atoms with Crippen molar-refractivity contribution < 1.29 is 44.5 Å². The third-order valence-electron chi connectivity index (χ3n) is 7.59.